The van der Waals surface area contributed by atoms with Gasteiger partial charge in [-0.05, 0) is 48.3 Å². The van der Waals surface area contributed by atoms with Crippen LogP contribution in [0.3, 0.4) is 0 Å². The van der Waals surface area contributed by atoms with Crippen LogP contribution in [0.2, 0.25) is 0 Å². The van der Waals surface area contributed by atoms with E-state index in [1.165, 1.54) is 36.8 Å². The standard InChI is InChI=1S/C14H19/c1-11(2)10-13-6-3-4-9-14(13)12-7-5-8-12/h3-4,6,11-12H,5,7-8,10H2,1-2H3. The van der Waals surface area contributed by atoms with Crippen molar-refractivity contribution in [1.29, 1.82) is 0 Å². The van der Waals surface area contributed by atoms with Crippen LogP contribution in [0.1, 0.15) is 50.2 Å². The first-order chi connectivity index (χ1) is 6.77. The maximum atomic E-state index is 3.44. The molecule has 0 aliphatic heterocycles. The lowest BCUT2D eigenvalue weighted by Gasteiger charge is -2.28. The lowest BCUT2D eigenvalue weighted by Crippen LogP contribution is -2.12. The molecule has 0 saturated heterocycles. The van der Waals surface area contributed by atoms with Crippen LogP contribution >= 0.6 is 0 Å². The molecule has 1 aliphatic rings. The van der Waals surface area contributed by atoms with Gasteiger partial charge in [0.05, 0.1) is 0 Å². The molecule has 0 spiro atoms. The van der Waals surface area contributed by atoms with E-state index in [1.54, 1.807) is 0 Å². The molecule has 1 aliphatic carbocycles. The summed E-state index contributed by atoms with van der Waals surface area (Å²) in [6, 6.07) is 9.92. The van der Waals surface area contributed by atoms with Crippen LogP contribution in [-0.2, 0) is 6.42 Å². The van der Waals surface area contributed by atoms with E-state index in [0.29, 0.717) is 0 Å². The first-order valence-electron chi connectivity index (χ1n) is 5.77. The second kappa shape index (κ2) is 4.16. The maximum absolute atomic E-state index is 3.44. The third-order valence-corrected chi connectivity index (χ3v) is 3.12. The fourth-order valence-corrected chi connectivity index (χ4v) is 2.18. The van der Waals surface area contributed by atoms with Crippen LogP contribution in [0, 0.1) is 12.0 Å². The fraction of sp³-hybridized carbons (Fsp3) is 0.571. The Labute approximate surface area is 87.3 Å². The predicted octanol–water partition coefficient (Wildman–Crippen LogP) is 3.95. The lowest BCUT2D eigenvalue weighted by atomic mass is 9.77. The molecule has 0 heteroatoms. The Hall–Kier alpha value is -0.780. The maximum Gasteiger partial charge on any atom is -0.0143 e. The third kappa shape index (κ3) is 2.00. The summed E-state index contributed by atoms with van der Waals surface area (Å²) < 4.78 is 0. The fourth-order valence-electron chi connectivity index (χ4n) is 2.18. The van der Waals surface area contributed by atoms with Crippen LogP contribution in [0.25, 0.3) is 0 Å². The average molecular weight is 187 g/mol. The van der Waals surface area contributed by atoms with Gasteiger partial charge in [-0.3, -0.25) is 0 Å². The van der Waals surface area contributed by atoms with Crippen molar-refractivity contribution in [2.45, 2.75) is 45.4 Å². The van der Waals surface area contributed by atoms with Crippen molar-refractivity contribution in [1.82, 2.24) is 0 Å². The highest BCUT2D eigenvalue weighted by Gasteiger charge is 2.21. The smallest absolute Gasteiger partial charge is 0.0143 e. The largest absolute Gasteiger partial charge is 0.0625 e. The zero-order valence-corrected chi connectivity index (χ0v) is 9.22. The lowest BCUT2D eigenvalue weighted by molar-refractivity contribution is 0.415. The van der Waals surface area contributed by atoms with E-state index < -0.39 is 0 Å². The molecule has 0 unspecified atom stereocenters. The van der Waals surface area contributed by atoms with Gasteiger partial charge in [-0.15, -0.1) is 0 Å². The summed E-state index contributed by atoms with van der Waals surface area (Å²) in [6.07, 6.45) is 5.38. The van der Waals surface area contributed by atoms with Gasteiger partial charge in [0.25, 0.3) is 0 Å². The first kappa shape index (κ1) is 9.76. The molecule has 0 N–H and O–H groups in total. The monoisotopic (exact) mass is 187 g/mol. The molecule has 0 heterocycles. The summed E-state index contributed by atoms with van der Waals surface area (Å²) >= 11 is 0. The topological polar surface area (TPSA) is 0 Å². The van der Waals surface area contributed by atoms with Crippen molar-refractivity contribution < 1.29 is 0 Å². The van der Waals surface area contributed by atoms with Gasteiger partial charge in [-0.2, -0.15) is 0 Å². The van der Waals surface area contributed by atoms with Gasteiger partial charge >= 0.3 is 0 Å². The Kier molecular flexibility index (Phi) is 2.90. The molecule has 0 amide bonds. The van der Waals surface area contributed by atoms with Crippen LogP contribution < -0.4 is 0 Å². The summed E-state index contributed by atoms with van der Waals surface area (Å²) in [5, 5.41) is 0. The van der Waals surface area contributed by atoms with Crippen molar-refractivity contribution >= 4 is 0 Å². The zero-order chi connectivity index (χ0) is 9.97. The molecule has 1 radical (unpaired) electrons. The van der Waals surface area contributed by atoms with E-state index in [-0.39, 0.29) is 0 Å². The molecule has 0 bridgehead atoms. The normalized spacial score (nSPS) is 17.1. The Morgan fingerprint density at radius 1 is 1.43 bits per heavy atom. The second-order valence-electron chi connectivity index (χ2n) is 4.83. The number of hydrogen-bond acceptors (Lipinski definition) is 0. The van der Waals surface area contributed by atoms with Gasteiger partial charge in [0.15, 0.2) is 0 Å². The van der Waals surface area contributed by atoms with Crippen LogP contribution in [-0.4, -0.2) is 0 Å². The van der Waals surface area contributed by atoms with E-state index in [2.05, 4.69) is 38.1 Å². The summed E-state index contributed by atoms with van der Waals surface area (Å²) in [5.41, 5.74) is 3.04. The number of benzene rings is 1. The zero-order valence-electron chi connectivity index (χ0n) is 9.22. The highest BCUT2D eigenvalue weighted by molar-refractivity contribution is 5.30. The van der Waals surface area contributed by atoms with Crippen molar-refractivity contribution in [2.24, 2.45) is 5.92 Å². The first-order valence-corrected chi connectivity index (χ1v) is 5.77. The van der Waals surface area contributed by atoms with E-state index in [9.17, 15) is 0 Å². The van der Waals surface area contributed by atoms with Gasteiger partial charge in [-0.25, -0.2) is 0 Å². The molecule has 0 atom stereocenters. The molecule has 1 fully saturated rings. The SMILES string of the molecule is CC(C)Cc1ccc[c]c1C1CCC1. The minimum atomic E-state index is 0.754. The number of hydrogen-bond donors (Lipinski definition) is 0. The Morgan fingerprint density at radius 3 is 2.79 bits per heavy atom. The Morgan fingerprint density at radius 2 is 2.21 bits per heavy atom. The van der Waals surface area contributed by atoms with Gasteiger partial charge in [0.2, 0.25) is 0 Å². The van der Waals surface area contributed by atoms with Crippen molar-refractivity contribution in [2.75, 3.05) is 0 Å². The highest BCUT2D eigenvalue weighted by atomic mass is 14.3. The molecule has 0 aromatic heterocycles. The van der Waals surface area contributed by atoms with Crippen LogP contribution in [0.15, 0.2) is 18.2 Å². The highest BCUT2D eigenvalue weighted by Crippen LogP contribution is 2.38. The van der Waals surface area contributed by atoms with Gasteiger partial charge in [0.1, 0.15) is 0 Å². The summed E-state index contributed by atoms with van der Waals surface area (Å²) in [5.74, 6) is 1.58. The molecule has 1 aromatic rings. The quantitative estimate of drug-likeness (QED) is 0.672. The van der Waals surface area contributed by atoms with Crippen LogP contribution in [0.4, 0.5) is 0 Å². The summed E-state index contributed by atoms with van der Waals surface area (Å²) in [6.45, 7) is 4.58. The van der Waals surface area contributed by atoms with E-state index in [1.807, 2.05) is 0 Å². The minimum Gasteiger partial charge on any atom is -0.0625 e. The number of rotatable bonds is 3. The summed E-state index contributed by atoms with van der Waals surface area (Å²) in [7, 11) is 0. The van der Waals surface area contributed by atoms with Gasteiger partial charge in [0, 0.05) is 0 Å². The Bertz CT molecular complexity index is 295. The van der Waals surface area contributed by atoms with Gasteiger partial charge in [-0.1, -0.05) is 38.5 Å². The molecule has 1 saturated carbocycles. The minimum absolute atomic E-state index is 0.754. The van der Waals surface area contributed by atoms with E-state index >= 15 is 0 Å². The molecule has 0 nitrogen and oxygen atoms in total. The van der Waals surface area contributed by atoms with Crippen molar-refractivity contribution in [3.05, 3.63) is 35.4 Å². The second-order valence-corrected chi connectivity index (χ2v) is 4.83. The van der Waals surface area contributed by atoms with Crippen molar-refractivity contribution in [3.63, 3.8) is 0 Å². The predicted molar refractivity (Wildman–Crippen MR) is 60.4 cm³/mol. The third-order valence-electron chi connectivity index (χ3n) is 3.12. The molecular formula is C14H19. The van der Waals surface area contributed by atoms with Crippen molar-refractivity contribution in [3.8, 4) is 0 Å². The average Bonchev–Trinajstić information content (AvgIpc) is 2.04. The molecular weight excluding hydrogens is 168 g/mol. The summed E-state index contributed by atoms with van der Waals surface area (Å²) in [4.78, 5) is 0. The van der Waals surface area contributed by atoms with E-state index in [4.69, 9.17) is 0 Å². The molecule has 75 valence electrons. The van der Waals surface area contributed by atoms with E-state index in [0.717, 1.165) is 11.8 Å². The molecule has 1 aromatic carbocycles. The Balaban J connectivity index is 2.19. The molecule has 2 rings (SSSR count). The van der Waals surface area contributed by atoms with Crippen LogP contribution in [0.5, 0.6) is 0 Å². The molecule has 14 heavy (non-hydrogen) atoms. The van der Waals surface area contributed by atoms with Gasteiger partial charge < -0.3 is 0 Å².